The monoisotopic (exact) mass is 380 g/mol. The predicted molar refractivity (Wildman–Crippen MR) is 106 cm³/mol. The molecule has 7 heteroatoms. The molecule has 3 heterocycles. The Bertz CT molecular complexity index is 918. The number of furan rings is 1. The van der Waals surface area contributed by atoms with Crippen molar-refractivity contribution in [1.29, 1.82) is 0 Å². The van der Waals surface area contributed by atoms with E-state index in [9.17, 15) is 4.79 Å². The molecule has 0 bridgehead atoms. The summed E-state index contributed by atoms with van der Waals surface area (Å²) in [6, 6.07) is 11.7. The second kappa shape index (κ2) is 7.80. The minimum atomic E-state index is -0.0567. The van der Waals surface area contributed by atoms with Crippen molar-refractivity contribution in [2.45, 2.75) is 19.5 Å². The molecule has 1 fully saturated rings. The van der Waals surface area contributed by atoms with Crippen LogP contribution in [0.3, 0.4) is 0 Å². The van der Waals surface area contributed by atoms with E-state index in [-0.39, 0.29) is 11.9 Å². The Morgan fingerprint density at radius 1 is 1.21 bits per heavy atom. The van der Waals surface area contributed by atoms with E-state index in [1.165, 1.54) is 0 Å². The molecule has 0 N–H and O–H groups in total. The summed E-state index contributed by atoms with van der Waals surface area (Å²) in [5.74, 6) is 1.92. The molecule has 146 valence electrons. The fourth-order valence-corrected chi connectivity index (χ4v) is 3.57. The topological polar surface area (TPSA) is 63.7 Å². The highest BCUT2D eigenvalue weighted by molar-refractivity contribution is 5.92. The van der Waals surface area contributed by atoms with E-state index in [1.54, 1.807) is 25.7 Å². The number of ether oxygens (including phenoxy) is 1. The van der Waals surface area contributed by atoms with Crippen LogP contribution in [-0.2, 0) is 6.54 Å². The molecule has 0 unspecified atom stereocenters. The van der Waals surface area contributed by atoms with Crippen molar-refractivity contribution in [2.24, 2.45) is 0 Å². The molecule has 0 radical (unpaired) electrons. The van der Waals surface area contributed by atoms with Crippen LogP contribution in [0.1, 0.15) is 23.2 Å². The van der Waals surface area contributed by atoms with Gasteiger partial charge < -0.3 is 23.5 Å². The summed E-state index contributed by atoms with van der Waals surface area (Å²) < 4.78 is 12.9. The second-order valence-electron chi connectivity index (χ2n) is 6.99. The highest BCUT2D eigenvalue weighted by Crippen LogP contribution is 2.23. The van der Waals surface area contributed by atoms with E-state index in [4.69, 9.17) is 9.15 Å². The molecule has 1 aromatic carbocycles. The first kappa shape index (κ1) is 18.2. The van der Waals surface area contributed by atoms with Crippen LogP contribution in [0.5, 0.6) is 5.75 Å². The summed E-state index contributed by atoms with van der Waals surface area (Å²) in [6.45, 7) is 4.85. The van der Waals surface area contributed by atoms with E-state index >= 15 is 0 Å². The van der Waals surface area contributed by atoms with Gasteiger partial charge in [-0.25, -0.2) is 4.98 Å². The predicted octanol–water partition coefficient (Wildman–Crippen LogP) is 2.88. The summed E-state index contributed by atoms with van der Waals surface area (Å²) in [7, 11) is 1.66. The standard InChI is InChI=1S/C21H24N4O3/c1-16-13-24(17-3-5-18(27-2)6-4-17)11-12-25(16)21(26)20-8-7-19(28-20)14-23-10-9-22-15-23/h3-10,15-16H,11-14H2,1-2H3/t16-/m1/s1. The maximum absolute atomic E-state index is 12.9. The van der Waals surface area contributed by atoms with Crippen molar-refractivity contribution in [1.82, 2.24) is 14.5 Å². The Morgan fingerprint density at radius 3 is 2.71 bits per heavy atom. The van der Waals surface area contributed by atoms with Crippen LogP contribution in [0.4, 0.5) is 5.69 Å². The van der Waals surface area contributed by atoms with Gasteiger partial charge in [0.1, 0.15) is 11.5 Å². The van der Waals surface area contributed by atoms with E-state index in [1.807, 2.05) is 33.9 Å². The van der Waals surface area contributed by atoms with E-state index in [0.717, 1.165) is 30.3 Å². The molecule has 1 saturated heterocycles. The fourth-order valence-electron chi connectivity index (χ4n) is 3.57. The lowest BCUT2D eigenvalue weighted by molar-refractivity contribution is 0.0639. The van der Waals surface area contributed by atoms with Gasteiger partial charge in [0.05, 0.1) is 20.0 Å². The summed E-state index contributed by atoms with van der Waals surface area (Å²) in [6.07, 6.45) is 5.31. The molecule has 1 aliphatic heterocycles. The third kappa shape index (κ3) is 3.74. The van der Waals surface area contributed by atoms with Crippen molar-refractivity contribution >= 4 is 11.6 Å². The first-order chi connectivity index (χ1) is 13.6. The zero-order valence-electron chi connectivity index (χ0n) is 16.1. The number of amides is 1. The Balaban J connectivity index is 1.40. The quantitative estimate of drug-likeness (QED) is 0.681. The Labute approximate surface area is 164 Å². The maximum Gasteiger partial charge on any atom is 0.289 e. The Morgan fingerprint density at radius 2 is 2.04 bits per heavy atom. The molecule has 1 atom stereocenters. The summed E-state index contributed by atoms with van der Waals surface area (Å²) >= 11 is 0. The summed E-state index contributed by atoms with van der Waals surface area (Å²) in [4.78, 5) is 21.1. The van der Waals surface area contributed by atoms with E-state index in [0.29, 0.717) is 18.8 Å². The number of piperazine rings is 1. The lowest BCUT2D eigenvalue weighted by Gasteiger charge is -2.40. The highest BCUT2D eigenvalue weighted by atomic mass is 16.5. The number of carbonyl (C=O) groups is 1. The summed E-state index contributed by atoms with van der Waals surface area (Å²) in [5.41, 5.74) is 1.14. The smallest absolute Gasteiger partial charge is 0.289 e. The molecule has 28 heavy (non-hydrogen) atoms. The number of rotatable bonds is 5. The average molecular weight is 380 g/mol. The zero-order chi connectivity index (χ0) is 19.5. The van der Waals surface area contributed by atoms with Gasteiger partial charge in [-0.3, -0.25) is 4.79 Å². The van der Waals surface area contributed by atoms with Gasteiger partial charge in [-0.2, -0.15) is 0 Å². The first-order valence-corrected chi connectivity index (χ1v) is 9.38. The molecule has 4 rings (SSSR count). The highest BCUT2D eigenvalue weighted by Gasteiger charge is 2.29. The number of imidazole rings is 1. The molecule has 1 aliphatic rings. The molecule has 2 aromatic heterocycles. The minimum Gasteiger partial charge on any atom is -0.497 e. The number of nitrogens with zero attached hydrogens (tertiary/aromatic N) is 4. The Kier molecular flexibility index (Phi) is 5.06. The van der Waals surface area contributed by atoms with Gasteiger partial charge in [0.25, 0.3) is 5.91 Å². The van der Waals surface area contributed by atoms with Crippen LogP contribution in [0.2, 0.25) is 0 Å². The minimum absolute atomic E-state index is 0.0567. The fraction of sp³-hybridized carbons (Fsp3) is 0.333. The number of carbonyl (C=O) groups excluding carboxylic acids is 1. The van der Waals surface area contributed by atoms with Crippen LogP contribution in [0.25, 0.3) is 0 Å². The van der Waals surface area contributed by atoms with Crippen LogP contribution < -0.4 is 9.64 Å². The number of hydrogen-bond donors (Lipinski definition) is 0. The lowest BCUT2D eigenvalue weighted by Crippen LogP contribution is -2.54. The number of aromatic nitrogens is 2. The van der Waals surface area contributed by atoms with Gasteiger partial charge >= 0.3 is 0 Å². The normalized spacial score (nSPS) is 17.0. The molecule has 1 amide bonds. The first-order valence-electron chi connectivity index (χ1n) is 9.38. The van der Waals surface area contributed by atoms with Gasteiger partial charge in [0.15, 0.2) is 5.76 Å². The number of benzene rings is 1. The zero-order valence-corrected chi connectivity index (χ0v) is 16.1. The number of anilines is 1. The molecule has 7 nitrogen and oxygen atoms in total. The van der Waals surface area contributed by atoms with Gasteiger partial charge in [-0.15, -0.1) is 0 Å². The van der Waals surface area contributed by atoms with Crippen molar-refractivity contribution in [3.63, 3.8) is 0 Å². The van der Waals surface area contributed by atoms with Crippen molar-refractivity contribution in [3.8, 4) is 5.75 Å². The lowest BCUT2D eigenvalue weighted by atomic mass is 10.1. The van der Waals surface area contributed by atoms with Crippen molar-refractivity contribution in [2.75, 3.05) is 31.6 Å². The van der Waals surface area contributed by atoms with Gasteiger partial charge in [-0.1, -0.05) is 0 Å². The third-order valence-electron chi connectivity index (χ3n) is 5.10. The largest absolute Gasteiger partial charge is 0.497 e. The third-order valence-corrected chi connectivity index (χ3v) is 5.10. The Hall–Kier alpha value is -3.22. The SMILES string of the molecule is COc1ccc(N2CCN(C(=O)c3ccc(Cn4ccnc4)o3)[C@H](C)C2)cc1. The molecule has 0 spiro atoms. The van der Waals surface area contributed by atoms with E-state index < -0.39 is 0 Å². The number of methoxy groups -OCH3 is 1. The number of hydrogen-bond acceptors (Lipinski definition) is 5. The van der Waals surface area contributed by atoms with Gasteiger partial charge in [0.2, 0.25) is 0 Å². The molecular weight excluding hydrogens is 356 g/mol. The van der Waals surface area contributed by atoms with E-state index in [2.05, 4.69) is 28.9 Å². The average Bonchev–Trinajstić information content (AvgIpc) is 3.40. The molecule has 0 saturated carbocycles. The van der Waals surface area contributed by atoms with Crippen LogP contribution in [0, 0.1) is 0 Å². The molecule has 3 aromatic rings. The van der Waals surface area contributed by atoms with Crippen LogP contribution >= 0.6 is 0 Å². The van der Waals surface area contributed by atoms with Crippen molar-refractivity contribution < 1.29 is 13.9 Å². The van der Waals surface area contributed by atoms with Crippen LogP contribution in [-0.4, -0.2) is 53.1 Å². The van der Waals surface area contributed by atoms with Gasteiger partial charge in [-0.05, 0) is 43.3 Å². The van der Waals surface area contributed by atoms with Crippen molar-refractivity contribution in [3.05, 3.63) is 66.6 Å². The second-order valence-corrected chi connectivity index (χ2v) is 6.99. The van der Waals surface area contributed by atoms with Crippen LogP contribution in [0.15, 0.2) is 59.5 Å². The maximum atomic E-state index is 12.9. The molecule has 0 aliphatic carbocycles. The summed E-state index contributed by atoms with van der Waals surface area (Å²) in [5, 5.41) is 0. The van der Waals surface area contributed by atoms with Gasteiger partial charge in [0, 0.05) is 43.8 Å². The molecular formula is C21H24N4O3.